The molecular formula is C25H27NO7. The highest BCUT2D eigenvalue weighted by Gasteiger charge is 2.22. The minimum atomic E-state index is -0.489. The van der Waals surface area contributed by atoms with Gasteiger partial charge in [0.2, 0.25) is 5.75 Å². The number of esters is 1. The highest BCUT2D eigenvalue weighted by Crippen LogP contribution is 2.39. The van der Waals surface area contributed by atoms with Gasteiger partial charge in [0.05, 0.1) is 27.9 Å². The summed E-state index contributed by atoms with van der Waals surface area (Å²) in [5, 5.41) is 0. The molecule has 174 valence electrons. The molecule has 0 aliphatic carbocycles. The van der Waals surface area contributed by atoms with Crippen molar-refractivity contribution >= 4 is 11.9 Å². The zero-order chi connectivity index (χ0) is 24.0. The van der Waals surface area contributed by atoms with Crippen LogP contribution in [0.5, 0.6) is 17.2 Å². The quantitative estimate of drug-likeness (QED) is 0.448. The van der Waals surface area contributed by atoms with Crippen LogP contribution >= 0.6 is 0 Å². The fourth-order valence-electron chi connectivity index (χ4n) is 3.34. The maximum Gasteiger partial charge on any atom is 0.341 e. The van der Waals surface area contributed by atoms with Crippen LogP contribution < -0.4 is 14.2 Å². The Kier molecular flexibility index (Phi) is 7.61. The van der Waals surface area contributed by atoms with E-state index in [9.17, 15) is 9.59 Å². The minimum Gasteiger partial charge on any atom is -0.493 e. The molecule has 0 atom stereocenters. The minimum absolute atomic E-state index is 0.160. The number of rotatable bonds is 9. The summed E-state index contributed by atoms with van der Waals surface area (Å²) in [4.78, 5) is 26.4. The summed E-state index contributed by atoms with van der Waals surface area (Å²) in [5.41, 5.74) is 1.67. The molecule has 0 saturated heterocycles. The summed E-state index contributed by atoms with van der Waals surface area (Å²) in [6.07, 6.45) is 0. The molecule has 0 radical (unpaired) electrons. The lowest BCUT2D eigenvalue weighted by Gasteiger charge is -2.19. The normalized spacial score (nSPS) is 10.5. The SMILES string of the molecule is COC(=O)c1cc(CN(C)C(=O)c2cc(OC)c(OCc3ccccc3)c(OC)c2)oc1C. The highest BCUT2D eigenvalue weighted by molar-refractivity contribution is 5.95. The van der Waals surface area contributed by atoms with Gasteiger partial charge in [-0.2, -0.15) is 0 Å². The maximum atomic E-state index is 13.1. The van der Waals surface area contributed by atoms with Gasteiger partial charge in [-0.15, -0.1) is 0 Å². The van der Waals surface area contributed by atoms with Crippen LogP contribution in [0.15, 0.2) is 52.9 Å². The molecule has 0 aliphatic heterocycles. The monoisotopic (exact) mass is 453 g/mol. The molecule has 8 nitrogen and oxygen atoms in total. The van der Waals surface area contributed by atoms with Crippen molar-refractivity contribution in [3.63, 3.8) is 0 Å². The van der Waals surface area contributed by atoms with E-state index in [0.717, 1.165) is 5.56 Å². The van der Waals surface area contributed by atoms with Crippen LogP contribution in [0.25, 0.3) is 0 Å². The first-order chi connectivity index (χ1) is 15.9. The molecule has 0 spiro atoms. The van der Waals surface area contributed by atoms with Gasteiger partial charge < -0.3 is 28.3 Å². The molecule has 3 aromatic rings. The second-order valence-electron chi connectivity index (χ2n) is 7.32. The van der Waals surface area contributed by atoms with E-state index in [1.54, 1.807) is 32.2 Å². The van der Waals surface area contributed by atoms with Crippen molar-refractivity contribution in [3.8, 4) is 17.2 Å². The van der Waals surface area contributed by atoms with Crippen molar-refractivity contribution < 1.29 is 33.0 Å². The van der Waals surface area contributed by atoms with Crippen LogP contribution in [0.1, 0.15) is 37.8 Å². The van der Waals surface area contributed by atoms with Gasteiger partial charge in [-0.25, -0.2) is 4.79 Å². The number of hydrogen-bond acceptors (Lipinski definition) is 7. The van der Waals surface area contributed by atoms with Crippen LogP contribution in [0.3, 0.4) is 0 Å². The first-order valence-electron chi connectivity index (χ1n) is 10.2. The van der Waals surface area contributed by atoms with E-state index in [0.29, 0.717) is 46.5 Å². The zero-order valence-corrected chi connectivity index (χ0v) is 19.3. The van der Waals surface area contributed by atoms with Crippen molar-refractivity contribution in [1.29, 1.82) is 0 Å². The molecule has 0 saturated carbocycles. The third-order valence-electron chi connectivity index (χ3n) is 5.05. The van der Waals surface area contributed by atoms with Crippen LogP contribution in [-0.4, -0.2) is 45.2 Å². The van der Waals surface area contributed by atoms with Gasteiger partial charge in [0.15, 0.2) is 11.5 Å². The predicted molar refractivity (Wildman–Crippen MR) is 121 cm³/mol. The molecule has 0 bridgehead atoms. The van der Waals surface area contributed by atoms with E-state index < -0.39 is 5.97 Å². The molecule has 0 N–H and O–H groups in total. The number of methoxy groups -OCH3 is 3. The third-order valence-corrected chi connectivity index (χ3v) is 5.05. The Morgan fingerprint density at radius 1 is 0.970 bits per heavy atom. The molecule has 0 aliphatic rings. The fraction of sp³-hybridized carbons (Fsp3) is 0.280. The molecule has 3 rings (SSSR count). The van der Waals surface area contributed by atoms with E-state index >= 15 is 0 Å². The number of nitrogens with zero attached hydrogens (tertiary/aromatic N) is 1. The van der Waals surface area contributed by atoms with Crippen molar-refractivity contribution in [3.05, 3.63) is 76.7 Å². The fourth-order valence-corrected chi connectivity index (χ4v) is 3.34. The number of amides is 1. The lowest BCUT2D eigenvalue weighted by Crippen LogP contribution is -2.26. The Hall–Kier alpha value is -3.94. The number of furan rings is 1. The summed E-state index contributed by atoms with van der Waals surface area (Å²) >= 11 is 0. The highest BCUT2D eigenvalue weighted by atomic mass is 16.5. The maximum absolute atomic E-state index is 13.1. The summed E-state index contributed by atoms with van der Waals surface area (Å²) < 4.78 is 27.3. The second kappa shape index (κ2) is 10.6. The largest absolute Gasteiger partial charge is 0.493 e. The molecule has 1 amide bonds. The van der Waals surface area contributed by atoms with E-state index in [-0.39, 0.29) is 12.5 Å². The number of hydrogen-bond donors (Lipinski definition) is 0. The summed E-state index contributed by atoms with van der Waals surface area (Å²) in [6, 6.07) is 14.5. The summed E-state index contributed by atoms with van der Waals surface area (Å²) in [6.45, 7) is 2.15. The first kappa shape index (κ1) is 23.7. The van der Waals surface area contributed by atoms with Gasteiger partial charge in [-0.05, 0) is 30.7 Å². The molecule has 0 unspecified atom stereocenters. The molecule has 2 aromatic carbocycles. The predicted octanol–water partition coefficient (Wildman–Crippen LogP) is 4.24. The molecule has 8 heteroatoms. The average molecular weight is 453 g/mol. The average Bonchev–Trinajstić information content (AvgIpc) is 3.21. The number of aryl methyl sites for hydroxylation is 1. The van der Waals surface area contributed by atoms with E-state index in [1.807, 2.05) is 30.3 Å². The first-order valence-corrected chi connectivity index (χ1v) is 10.2. The Bertz CT molecular complexity index is 1100. The van der Waals surface area contributed by atoms with Crippen LogP contribution in [0, 0.1) is 6.92 Å². The van der Waals surface area contributed by atoms with Gasteiger partial charge in [0, 0.05) is 12.6 Å². The van der Waals surface area contributed by atoms with Crippen molar-refractivity contribution in [2.45, 2.75) is 20.1 Å². The van der Waals surface area contributed by atoms with Gasteiger partial charge >= 0.3 is 5.97 Å². The molecule has 0 fully saturated rings. The van der Waals surface area contributed by atoms with Gasteiger partial charge in [0.25, 0.3) is 5.91 Å². The smallest absolute Gasteiger partial charge is 0.341 e. The van der Waals surface area contributed by atoms with E-state index in [2.05, 4.69) is 0 Å². The van der Waals surface area contributed by atoms with Gasteiger partial charge in [-0.3, -0.25) is 4.79 Å². The van der Waals surface area contributed by atoms with Crippen LogP contribution in [0.4, 0.5) is 0 Å². The van der Waals surface area contributed by atoms with Crippen LogP contribution in [0.2, 0.25) is 0 Å². The zero-order valence-electron chi connectivity index (χ0n) is 19.3. The lowest BCUT2D eigenvalue weighted by atomic mass is 10.1. The Labute approximate surface area is 192 Å². The summed E-state index contributed by atoms with van der Waals surface area (Å²) in [7, 11) is 5.94. The van der Waals surface area contributed by atoms with E-state index in [1.165, 1.54) is 26.2 Å². The van der Waals surface area contributed by atoms with Crippen LogP contribution in [-0.2, 0) is 17.9 Å². The standard InChI is InChI=1S/C25H27NO7/c1-16-20(25(28)31-5)13-19(33-16)14-26(2)24(27)18-11-21(29-3)23(22(12-18)30-4)32-15-17-9-7-6-8-10-17/h6-13H,14-15H2,1-5H3. The van der Waals surface area contributed by atoms with Crippen molar-refractivity contribution in [2.75, 3.05) is 28.4 Å². The van der Waals surface area contributed by atoms with Gasteiger partial charge in [0.1, 0.15) is 23.7 Å². The third kappa shape index (κ3) is 5.46. The number of carbonyl (C=O) groups is 2. The summed E-state index contributed by atoms with van der Waals surface area (Å²) in [5.74, 6) is 1.29. The number of ether oxygens (including phenoxy) is 4. The Balaban J connectivity index is 1.80. The number of carbonyl (C=O) groups excluding carboxylic acids is 2. The molecule has 1 heterocycles. The van der Waals surface area contributed by atoms with Crippen molar-refractivity contribution in [2.24, 2.45) is 0 Å². The second-order valence-corrected chi connectivity index (χ2v) is 7.32. The Morgan fingerprint density at radius 3 is 2.18 bits per heavy atom. The topological polar surface area (TPSA) is 87.4 Å². The van der Waals surface area contributed by atoms with Crippen molar-refractivity contribution in [1.82, 2.24) is 4.90 Å². The number of benzene rings is 2. The molecule has 33 heavy (non-hydrogen) atoms. The molecule has 1 aromatic heterocycles. The Morgan fingerprint density at radius 2 is 1.61 bits per heavy atom. The van der Waals surface area contributed by atoms with Gasteiger partial charge in [-0.1, -0.05) is 30.3 Å². The van der Waals surface area contributed by atoms with E-state index in [4.69, 9.17) is 23.4 Å². The lowest BCUT2D eigenvalue weighted by molar-refractivity contribution is 0.0598. The molecular weight excluding hydrogens is 426 g/mol.